The van der Waals surface area contributed by atoms with Crippen molar-refractivity contribution in [2.24, 2.45) is 0 Å². The molecule has 5 aromatic rings. The highest BCUT2D eigenvalue weighted by Crippen LogP contribution is 2.36. The molecule has 3 N–H and O–H groups in total. The molecule has 1 aliphatic rings. The second-order valence-electron chi connectivity index (χ2n) is 8.50. The summed E-state index contributed by atoms with van der Waals surface area (Å²) in [5.74, 6) is 1.59. The molecule has 0 fully saturated rings. The average molecular weight is 444 g/mol. The Balaban J connectivity index is 1.33. The van der Waals surface area contributed by atoms with E-state index in [9.17, 15) is 0 Å². The number of anilines is 3. The number of hydrogen-bond acceptors (Lipinski definition) is 3. The number of nitrogens with one attached hydrogen (secondary N) is 1. The SMILES string of the molecule is Nc1ccc2c3c(n(-c4ccc(Nc5ccccc5Oc5ccccc5)cc4)c2c1)CCC=C3. The lowest BCUT2D eigenvalue weighted by molar-refractivity contribution is 0.485. The van der Waals surface area contributed by atoms with Crippen LogP contribution in [0.1, 0.15) is 17.7 Å². The van der Waals surface area contributed by atoms with Gasteiger partial charge < -0.3 is 20.4 Å². The first-order valence-corrected chi connectivity index (χ1v) is 11.5. The van der Waals surface area contributed by atoms with Gasteiger partial charge in [0.1, 0.15) is 5.75 Å². The third-order valence-corrected chi connectivity index (χ3v) is 6.23. The van der Waals surface area contributed by atoms with Crippen LogP contribution in [0.25, 0.3) is 22.7 Å². The number of para-hydroxylation sites is 3. The summed E-state index contributed by atoms with van der Waals surface area (Å²) in [5, 5.41) is 4.75. The zero-order chi connectivity index (χ0) is 22.9. The molecule has 1 aliphatic carbocycles. The Morgan fingerprint density at radius 3 is 2.47 bits per heavy atom. The second-order valence-corrected chi connectivity index (χ2v) is 8.50. The lowest BCUT2D eigenvalue weighted by atomic mass is 10.0. The van der Waals surface area contributed by atoms with Crippen molar-refractivity contribution in [2.75, 3.05) is 11.1 Å². The van der Waals surface area contributed by atoms with Crippen LogP contribution in [0, 0.1) is 0 Å². The zero-order valence-corrected chi connectivity index (χ0v) is 18.7. The van der Waals surface area contributed by atoms with Gasteiger partial charge in [0.05, 0.1) is 11.2 Å². The van der Waals surface area contributed by atoms with E-state index in [1.54, 1.807) is 0 Å². The van der Waals surface area contributed by atoms with Crippen molar-refractivity contribution in [1.29, 1.82) is 0 Å². The van der Waals surface area contributed by atoms with Gasteiger partial charge in [0.15, 0.2) is 5.75 Å². The van der Waals surface area contributed by atoms with Gasteiger partial charge in [-0.25, -0.2) is 0 Å². The standard InChI is InChI=1S/C30H25N3O/c31-21-14-19-26-25-10-4-6-12-28(25)33(29(26)20-21)23-17-15-22(16-18-23)32-27-11-5-7-13-30(27)34-24-8-2-1-3-9-24/h1-5,7-11,13-20,32H,6,12,31H2. The van der Waals surface area contributed by atoms with Crippen molar-refractivity contribution >= 4 is 34.0 Å². The van der Waals surface area contributed by atoms with E-state index >= 15 is 0 Å². The molecule has 0 saturated carbocycles. The van der Waals surface area contributed by atoms with Crippen LogP contribution < -0.4 is 15.8 Å². The van der Waals surface area contributed by atoms with Crippen LogP contribution in [0.2, 0.25) is 0 Å². The van der Waals surface area contributed by atoms with Crippen LogP contribution >= 0.6 is 0 Å². The highest BCUT2D eigenvalue weighted by Gasteiger charge is 2.18. The van der Waals surface area contributed by atoms with Gasteiger partial charge >= 0.3 is 0 Å². The fourth-order valence-electron chi connectivity index (χ4n) is 4.66. The molecule has 0 radical (unpaired) electrons. The number of aromatic nitrogens is 1. The van der Waals surface area contributed by atoms with E-state index in [1.807, 2.05) is 60.7 Å². The van der Waals surface area contributed by atoms with Crippen molar-refractivity contribution in [3.8, 4) is 17.2 Å². The van der Waals surface area contributed by atoms with E-state index < -0.39 is 0 Å². The summed E-state index contributed by atoms with van der Waals surface area (Å²) in [6.45, 7) is 0. The lowest BCUT2D eigenvalue weighted by Gasteiger charge is -2.15. The molecule has 4 aromatic carbocycles. The first kappa shape index (κ1) is 20.2. The molecule has 166 valence electrons. The maximum absolute atomic E-state index is 6.15. The summed E-state index contributed by atoms with van der Waals surface area (Å²) >= 11 is 0. The van der Waals surface area contributed by atoms with E-state index in [2.05, 4.69) is 58.4 Å². The monoisotopic (exact) mass is 443 g/mol. The molecule has 0 atom stereocenters. The van der Waals surface area contributed by atoms with Crippen LogP contribution in [-0.2, 0) is 6.42 Å². The van der Waals surface area contributed by atoms with Gasteiger partial charge in [-0.1, -0.05) is 48.6 Å². The van der Waals surface area contributed by atoms with Gasteiger partial charge in [-0.2, -0.15) is 0 Å². The molecule has 34 heavy (non-hydrogen) atoms. The Kier molecular flexibility index (Phi) is 5.04. The molecule has 0 saturated heterocycles. The summed E-state index contributed by atoms with van der Waals surface area (Å²) in [6, 6.07) is 32.5. The summed E-state index contributed by atoms with van der Waals surface area (Å²) in [5.41, 5.74) is 13.8. The molecular weight excluding hydrogens is 418 g/mol. The van der Waals surface area contributed by atoms with Gasteiger partial charge in [0.25, 0.3) is 0 Å². The molecule has 0 unspecified atom stereocenters. The predicted octanol–water partition coefficient (Wildman–Crippen LogP) is 7.71. The van der Waals surface area contributed by atoms with Gasteiger partial charge in [0, 0.05) is 33.7 Å². The van der Waals surface area contributed by atoms with E-state index in [4.69, 9.17) is 10.5 Å². The lowest BCUT2D eigenvalue weighted by Crippen LogP contribution is -2.03. The fraction of sp³-hybridized carbons (Fsp3) is 0.0667. The molecule has 1 heterocycles. The molecule has 4 nitrogen and oxygen atoms in total. The average Bonchev–Trinajstić information content (AvgIpc) is 3.20. The van der Waals surface area contributed by atoms with E-state index in [-0.39, 0.29) is 0 Å². The molecule has 0 aliphatic heterocycles. The highest BCUT2D eigenvalue weighted by atomic mass is 16.5. The van der Waals surface area contributed by atoms with E-state index in [1.165, 1.54) is 16.6 Å². The topological polar surface area (TPSA) is 52.2 Å². The molecular formula is C30H25N3O. The Morgan fingerprint density at radius 1 is 0.824 bits per heavy atom. The molecule has 4 heteroatoms. The maximum atomic E-state index is 6.15. The van der Waals surface area contributed by atoms with Crippen molar-refractivity contribution in [2.45, 2.75) is 12.8 Å². The highest BCUT2D eigenvalue weighted by molar-refractivity contribution is 5.95. The smallest absolute Gasteiger partial charge is 0.150 e. The van der Waals surface area contributed by atoms with Crippen molar-refractivity contribution < 1.29 is 4.74 Å². The van der Waals surface area contributed by atoms with Crippen LogP contribution in [0.4, 0.5) is 17.1 Å². The summed E-state index contributed by atoms with van der Waals surface area (Å²) in [7, 11) is 0. The number of ether oxygens (including phenoxy) is 1. The number of nitrogens with two attached hydrogens (primary N) is 1. The quantitative estimate of drug-likeness (QED) is 0.274. The zero-order valence-electron chi connectivity index (χ0n) is 18.7. The van der Waals surface area contributed by atoms with Crippen LogP contribution in [0.5, 0.6) is 11.5 Å². The summed E-state index contributed by atoms with van der Waals surface area (Å²) in [6.07, 6.45) is 6.57. The minimum absolute atomic E-state index is 0.779. The van der Waals surface area contributed by atoms with Crippen LogP contribution in [0.15, 0.2) is 103 Å². The molecule has 1 aromatic heterocycles. The molecule has 0 amide bonds. The second kappa shape index (κ2) is 8.49. The number of allylic oxidation sites excluding steroid dienone is 1. The van der Waals surface area contributed by atoms with E-state index in [0.717, 1.165) is 52.6 Å². The van der Waals surface area contributed by atoms with Gasteiger partial charge in [0.2, 0.25) is 0 Å². The van der Waals surface area contributed by atoms with E-state index in [0.29, 0.717) is 0 Å². The number of hydrogen-bond donors (Lipinski definition) is 2. The Morgan fingerprint density at radius 2 is 1.62 bits per heavy atom. The minimum Gasteiger partial charge on any atom is -0.455 e. The first-order chi connectivity index (χ1) is 16.8. The molecule has 0 spiro atoms. The first-order valence-electron chi connectivity index (χ1n) is 11.5. The number of benzene rings is 4. The van der Waals surface area contributed by atoms with Crippen LogP contribution in [-0.4, -0.2) is 4.57 Å². The number of nitrogens with zero attached hydrogens (tertiary/aromatic N) is 1. The Hall–Kier alpha value is -4.44. The number of rotatable bonds is 5. The normalized spacial score (nSPS) is 12.5. The molecule has 0 bridgehead atoms. The fourth-order valence-corrected chi connectivity index (χ4v) is 4.66. The minimum atomic E-state index is 0.779. The molecule has 6 rings (SSSR count). The van der Waals surface area contributed by atoms with Crippen molar-refractivity contribution in [3.63, 3.8) is 0 Å². The third kappa shape index (κ3) is 3.69. The number of nitrogen functional groups attached to an aromatic ring is 1. The van der Waals surface area contributed by atoms with Gasteiger partial charge in [-0.05, 0) is 73.5 Å². The largest absolute Gasteiger partial charge is 0.455 e. The summed E-state index contributed by atoms with van der Waals surface area (Å²) < 4.78 is 8.45. The van der Waals surface area contributed by atoms with Gasteiger partial charge in [-0.15, -0.1) is 0 Å². The number of fused-ring (bicyclic) bond motifs is 3. The van der Waals surface area contributed by atoms with Crippen molar-refractivity contribution in [1.82, 2.24) is 4.57 Å². The van der Waals surface area contributed by atoms with Crippen LogP contribution in [0.3, 0.4) is 0 Å². The third-order valence-electron chi connectivity index (χ3n) is 6.23. The Bertz CT molecular complexity index is 1500. The predicted molar refractivity (Wildman–Crippen MR) is 141 cm³/mol. The Labute approximate surface area is 198 Å². The van der Waals surface area contributed by atoms with Crippen molar-refractivity contribution in [3.05, 3.63) is 114 Å². The maximum Gasteiger partial charge on any atom is 0.150 e. The van der Waals surface area contributed by atoms with Gasteiger partial charge in [-0.3, -0.25) is 0 Å². The summed E-state index contributed by atoms with van der Waals surface area (Å²) in [4.78, 5) is 0.